The zero-order valence-corrected chi connectivity index (χ0v) is 25.1. The van der Waals surface area contributed by atoms with Crippen LogP contribution in [0, 0.1) is 19.7 Å². The van der Waals surface area contributed by atoms with E-state index in [-0.39, 0.29) is 40.2 Å². The molecule has 1 unspecified atom stereocenters. The summed E-state index contributed by atoms with van der Waals surface area (Å²) in [6.45, 7) is 6.93. The van der Waals surface area contributed by atoms with Crippen LogP contribution in [0.15, 0.2) is 35.3 Å². The average molecular weight is 599 g/mol. The fourth-order valence-electron chi connectivity index (χ4n) is 5.41. The van der Waals surface area contributed by atoms with Gasteiger partial charge in [0.1, 0.15) is 5.15 Å². The Morgan fingerprint density at radius 1 is 1.20 bits per heavy atom. The minimum atomic E-state index is -0.366. The molecule has 0 aliphatic carbocycles. The van der Waals surface area contributed by atoms with E-state index in [1.165, 1.54) is 18.1 Å². The quantitative estimate of drug-likeness (QED) is 0.227. The van der Waals surface area contributed by atoms with Crippen molar-refractivity contribution in [3.8, 4) is 0 Å². The van der Waals surface area contributed by atoms with E-state index in [0.717, 1.165) is 24.0 Å². The van der Waals surface area contributed by atoms with Gasteiger partial charge < -0.3 is 10.2 Å². The van der Waals surface area contributed by atoms with Gasteiger partial charge in [0.05, 0.1) is 40.6 Å². The Balaban J connectivity index is 1.49. The first-order chi connectivity index (χ1) is 19.6. The number of nitrogens with zero attached hydrogens (tertiary/aromatic N) is 6. The van der Waals surface area contributed by atoms with Crippen molar-refractivity contribution in [1.82, 2.24) is 29.0 Å². The van der Waals surface area contributed by atoms with Crippen LogP contribution in [-0.2, 0) is 7.05 Å². The fraction of sp³-hybridized carbons (Fsp3) is 0.393. The van der Waals surface area contributed by atoms with Crippen LogP contribution in [0.3, 0.4) is 0 Å². The van der Waals surface area contributed by atoms with E-state index >= 15 is 0 Å². The Hall–Kier alpha value is -3.64. The van der Waals surface area contributed by atoms with Crippen molar-refractivity contribution in [1.29, 1.82) is 0 Å². The molecule has 10 nitrogen and oxygen atoms in total. The topological polar surface area (TPSA) is 110 Å². The number of piperidine rings is 1. The summed E-state index contributed by atoms with van der Waals surface area (Å²) < 4.78 is 19.9. The Bertz CT molecular complexity index is 1680. The van der Waals surface area contributed by atoms with Crippen molar-refractivity contribution >= 4 is 52.0 Å². The third-order valence-electron chi connectivity index (χ3n) is 7.52. The lowest BCUT2D eigenvalue weighted by Gasteiger charge is -2.34. The molecule has 1 aliphatic rings. The van der Waals surface area contributed by atoms with E-state index in [0.29, 0.717) is 41.3 Å². The number of aryl methyl sites for hydroxylation is 1. The molecule has 1 atom stereocenters. The smallest absolute Gasteiger partial charge is 0.281 e. The Morgan fingerprint density at radius 3 is 2.59 bits per heavy atom. The summed E-state index contributed by atoms with van der Waals surface area (Å²) in [5, 5.41) is 8.34. The van der Waals surface area contributed by atoms with Crippen LogP contribution in [-0.4, -0.2) is 49.6 Å². The van der Waals surface area contributed by atoms with Crippen LogP contribution in [0.2, 0.25) is 5.15 Å². The first-order valence-corrected chi connectivity index (χ1v) is 14.9. The molecule has 1 aliphatic heterocycles. The number of nitrogens with one attached hydrogen (secondary N) is 2. The molecular weight excluding hydrogens is 567 g/mol. The number of amides is 1. The van der Waals surface area contributed by atoms with Gasteiger partial charge in [0.25, 0.3) is 11.5 Å². The van der Waals surface area contributed by atoms with Gasteiger partial charge in [-0.05, 0) is 57.4 Å². The molecule has 0 radical (unpaired) electrons. The van der Waals surface area contributed by atoms with Gasteiger partial charge in [-0.1, -0.05) is 29.6 Å². The third-order valence-corrected chi connectivity index (χ3v) is 8.12. The molecule has 1 aromatic carbocycles. The summed E-state index contributed by atoms with van der Waals surface area (Å²) in [7, 11) is 1.74. The summed E-state index contributed by atoms with van der Waals surface area (Å²) in [4.78, 5) is 37.6. The SMILES string of the molecule is CSNC(=O)c1nc(Cl)ccc1NC(C)c1cc(C)cc2c(=O)n(C)c(N3CCC(n4ncc(F)c4C)CC3)nc12. The fourth-order valence-corrected chi connectivity index (χ4v) is 5.84. The van der Waals surface area contributed by atoms with E-state index in [9.17, 15) is 14.0 Å². The molecule has 4 heterocycles. The largest absolute Gasteiger partial charge is 0.377 e. The first kappa shape index (κ1) is 28.9. The first-order valence-electron chi connectivity index (χ1n) is 13.3. The Morgan fingerprint density at radius 2 is 1.93 bits per heavy atom. The highest BCUT2D eigenvalue weighted by Gasteiger charge is 2.27. The molecule has 0 spiro atoms. The van der Waals surface area contributed by atoms with Gasteiger partial charge in [-0.3, -0.25) is 23.6 Å². The van der Waals surface area contributed by atoms with Gasteiger partial charge in [-0.2, -0.15) is 5.10 Å². The van der Waals surface area contributed by atoms with Crippen molar-refractivity contribution in [3.63, 3.8) is 0 Å². The van der Waals surface area contributed by atoms with Gasteiger partial charge in [-0.15, -0.1) is 0 Å². The van der Waals surface area contributed by atoms with Crippen LogP contribution in [0.5, 0.6) is 0 Å². The van der Waals surface area contributed by atoms with Crippen LogP contribution >= 0.6 is 23.5 Å². The lowest BCUT2D eigenvalue weighted by molar-refractivity contribution is 0.0980. The molecule has 41 heavy (non-hydrogen) atoms. The summed E-state index contributed by atoms with van der Waals surface area (Å²) >= 11 is 7.26. The van der Waals surface area contributed by atoms with Gasteiger partial charge in [0.15, 0.2) is 11.5 Å². The van der Waals surface area contributed by atoms with Gasteiger partial charge >= 0.3 is 0 Å². The molecule has 1 amide bonds. The molecule has 3 aromatic heterocycles. The molecule has 1 fully saturated rings. The number of carbonyl (C=O) groups excluding carboxylic acids is 1. The molecule has 0 saturated carbocycles. The number of hydrogen-bond donors (Lipinski definition) is 2. The third kappa shape index (κ3) is 5.62. The van der Waals surface area contributed by atoms with Gasteiger partial charge in [-0.25, -0.2) is 14.4 Å². The van der Waals surface area contributed by atoms with Crippen molar-refractivity contribution in [3.05, 3.63) is 74.3 Å². The highest BCUT2D eigenvalue weighted by molar-refractivity contribution is 7.97. The molecule has 4 aromatic rings. The number of aromatic nitrogens is 5. The minimum absolute atomic E-state index is 0.0844. The second kappa shape index (κ2) is 11.7. The number of pyridine rings is 1. The van der Waals surface area contributed by atoms with E-state index < -0.39 is 0 Å². The standard InChI is InChI=1S/C28H32ClFN8O2S/c1-15-12-19(16(2)32-22-6-7-23(29)33-25(22)26(39)35-41-5)24-20(13-15)27(40)36(4)28(34-24)37-10-8-18(9-11-37)38-17(3)21(30)14-31-38/h6-7,12-14,16,18,32H,8-11H2,1-5H3,(H,35,39). The molecule has 1 saturated heterocycles. The van der Waals surface area contributed by atoms with Crippen molar-refractivity contribution in [2.45, 2.75) is 45.7 Å². The number of anilines is 2. The highest BCUT2D eigenvalue weighted by atomic mass is 35.5. The summed E-state index contributed by atoms with van der Waals surface area (Å²) in [5.74, 6) is -0.0905. The molecule has 13 heteroatoms. The number of fused-ring (bicyclic) bond motifs is 1. The zero-order valence-electron chi connectivity index (χ0n) is 23.5. The van der Waals surface area contributed by atoms with E-state index in [1.807, 2.05) is 26.0 Å². The Kier molecular flexibility index (Phi) is 8.23. The second-order valence-electron chi connectivity index (χ2n) is 10.3. The summed E-state index contributed by atoms with van der Waals surface area (Å²) in [6.07, 6.45) is 4.51. The highest BCUT2D eigenvalue weighted by Crippen LogP contribution is 2.31. The minimum Gasteiger partial charge on any atom is -0.377 e. The van der Waals surface area contributed by atoms with Crippen LogP contribution in [0.25, 0.3) is 10.9 Å². The summed E-state index contributed by atoms with van der Waals surface area (Å²) in [6, 6.07) is 6.96. The normalized spacial score (nSPS) is 14.9. The predicted molar refractivity (Wildman–Crippen MR) is 161 cm³/mol. The lowest BCUT2D eigenvalue weighted by atomic mass is 10.0. The molecular formula is C28H32ClFN8O2S. The maximum absolute atomic E-state index is 13.9. The second-order valence-corrected chi connectivity index (χ2v) is 11.3. The zero-order chi connectivity index (χ0) is 29.4. The average Bonchev–Trinajstić information content (AvgIpc) is 3.29. The number of benzene rings is 1. The lowest BCUT2D eigenvalue weighted by Crippen LogP contribution is -2.39. The number of carbonyl (C=O) groups is 1. The predicted octanol–water partition coefficient (Wildman–Crippen LogP) is 4.96. The van der Waals surface area contributed by atoms with E-state index in [1.54, 1.807) is 41.6 Å². The molecule has 0 bridgehead atoms. The van der Waals surface area contributed by atoms with Crippen LogP contribution in [0.1, 0.15) is 59.2 Å². The monoisotopic (exact) mass is 598 g/mol. The van der Waals surface area contributed by atoms with Crippen molar-refractivity contribution in [2.24, 2.45) is 7.05 Å². The van der Waals surface area contributed by atoms with Crippen molar-refractivity contribution in [2.75, 3.05) is 29.6 Å². The van der Waals surface area contributed by atoms with Gasteiger partial charge in [0, 0.05) is 32.0 Å². The molecule has 5 rings (SSSR count). The molecule has 2 N–H and O–H groups in total. The number of halogens is 2. The van der Waals surface area contributed by atoms with Gasteiger partial charge in [0.2, 0.25) is 5.95 Å². The summed E-state index contributed by atoms with van der Waals surface area (Å²) in [5.41, 5.74) is 3.43. The van der Waals surface area contributed by atoms with Crippen LogP contribution < -0.4 is 20.5 Å². The number of rotatable bonds is 7. The van der Waals surface area contributed by atoms with E-state index in [4.69, 9.17) is 16.6 Å². The van der Waals surface area contributed by atoms with Crippen molar-refractivity contribution < 1.29 is 9.18 Å². The molecule has 216 valence electrons. The Labute approximate surface area is 246 Å². The number of hydrogen-bond acceptors (Lipinski definition) is 8. The maximum Gasteiger partial charge on any atom is 0.281 e. The van der Waals surface area contributed by atoms with E-state index in [2.05, 4.69) is 25.0 Å². The maximum atomic E-state index is 13.9. The van der Waals surface area contributed by atoms with Crippen LogP contribution in [0.4, 0.5) is 16.0 Å².